The van der Waals surface area contributed by atoms with E-state index < -0.39 is 6.17 Å². The maximum Gasteiger partial charge on any atom is 0.254 e. The van der Waals surface area contributed by atoms with E-state index in [1.807, 2.05) is 24.1 Å². The van der Waals surface area contributed by atoms with E-state index in [1.165, 1.54) is 19.3 Å². The van der Waals surface area contributed by atoms with Gasteiger partial charge in [-0.15, -0.1) is 5.10 Å². The van der Waals surface area contributed by atoms with Gasteiger partial charge in [-0.05, 0) is 57.6 Å². The third kappa shape index (κ3) is 5.36. The Balaban J connectivity index is 1.14. The fourth-order valence-corrected chi connectivity index (χ4v) is 5.28. The van der Waals surface area contributed by atoms with E-state index in [2.05, 4.69) is 30.5 Å². The van der Waals surface area contributed by atoms with Gasteiger partial charge in [-0.1, -0.05) is 5.21 Å². The predicted octanol–water partition coefficient (Wildman–Crippen LogP) is 2.48. The fourth-order valence-electron chi connectivity index (χ4n) is 5.28. The lowest BCUT2D eigenvalue weighted by Gasteiger charge is -2.35. The third-order valence-electron chi connectivity index (χ3n) is 7.75. The number of hydrogen-bond acceptors (Lipinski definition) is 8. The second-order valence-corrected chi connectivity index (χ2v) is 10.6. The third-order valence-corrected chi connectivity index (χ3v) is 7.75. The van der Waals surface area contributed by atoms with Gasteiger partial charge < -0.3 is 15.1 Å². The Morgan fingerprint density at radius 2 is 2.00 bits per heavy atom. The SMILES string of the molecule is CC(n1cc(-c2cncc(N3CC[C@@H](F)C3)n2)nn1)n1ccc(N2CCC[C@@H](NCC3CC3)C2)cc1=O. The van der Waals surface area contributed by atoms with Crippen molar-refractivity contribution in [2.24, 2.45) is 5.92 Å². The van der Waals surface area contributed by atoms with Gasteiger partial charge >= 0.3 is 0 Å². The molecular formula is C26H34FN9O. The van der Waals surface area contributed by atoms with Gasteiger partial charge in [0.2, 0.25) is 0 Å². The number of rotatable bonds is 8. The lowest BCUT2D eigenvalue weighted by Crippen LogP contribution is -2.46. The highest BCUT2D eigenvalue weighted by molar-refractivity contribution is 5.54. The molecule has 1 saturated carbocycles. The number of pyridine rings is 1. The first kappa shape index (κ1) is 24.0. The molecule has 6 rings (SSSR count). The molecule has 1 unspecified atom stereocenters. The summed E-state index contributed by atoms with van der Waals surface area (Å²) < 4.78 is 16.9. The highest BCUT2D eigenvalue weighted by atomic mass is 19.1. The van der Waals surface area contributed by atoms with E-state index in [0.717, 1.165) is 37.7 Å². The molecule has 1 N–H and O–H groups in total. The second kappa shape index (κ2) is 10.2. The molecule has 3 fully saturated rings. The second-order valence-electron chi connectivity index (χ2n) is 10.6. The Bertz CT molecular complexity index is 1290. The van der Waals surface area contributed by atoms with Crippen molar-refractivity contribution < 1.29 is 4.39 Å². The maximum absolute atomic E-state index is 13.6. The normalized spacial score (nSPS) is 23.0. The predicted molar refractivity (Wildman–Crippen MR) is 140 cm³/mol. The number of nitrogens with zero attached hydrogens (tertiary/aromatic N) is 8. The number of piperidine rings is 1. The van der Waals surface area contributed by atoms with Gasteiger partial charge in [0.25, 0.3) is 5.56 Å². The van der Waals surface area contributed by atoms with E-state index >= 15 is 0 Å². The number of halogens is 1. The number of nitrogens with one attached hydrogen (secondary N) is 1. The lowest BCUT2D eigenvalue weighted by atomic mass is 10.0. The van der Waals surface area contributed by atoms with Crippen molar-refractivity contribution in [1.29, 1.82) is 0 Å². The number of hydrogen-bond donors (Lipinski definition) is 1. The van der Waals surface area contributed by atoms with Crippen LogP contribution in [-0.2, 0) is 0 Å². The van der Waals surface area contributed by atoms with Gasteiger partial charge in [-0.3, -0.25) is 14.3 Å². The van der Waals surface area contributed by atoms with Crippen molar-refractivity contribution in [2.45, 2.75) is 57.4 Å². The molecule has 196 valence electrons. The zero-order chi connectivity index (χ0) is 25.4. The standard InChI is InChI=1S/C26H34FN9O/c1-18(36-17-24(31-32-36)23-13-28-14-25(30-23)34-9-6-20(27)15-34)35-10-7-22(11-26(35)37)33-8-2-3-21(16-33)29-12-19-4-5-19/h7,10-11,13-14,17-21,29H,2-6,8-9,12,15-16H2,1H3/t18?,20-,21-/m1/s1. The van der Waals surface area contributed by atoms with Gasteiger partial charge in [0.05, 0.1) is 25.1 Å². The Kier molecular flexibility index (Phi) is 6.62. The van der Waals surface area contributed by atoms with Gasteiger partial charge in [0.15, 0.2) is 0 Å². The Labute approximate surface area is 215 Å². The molecule has 0 aromatic carbocycles. The molecule has 3 aliphatic rings. The van der Waals surface area contributed by atoms with Crippen molar-refractivity contribution in [3.05, 3.63) is 47.3 Å². The van der Waals surface area contributed by atoms with Crippen LogP contribution in [0.2, 0.25) is 0 Å². The molecule has 2 saturated heterocycles. The van der Waals surface area contributed by atoms with Crippen LogP contribution in [0.5, 0.6) is 0 Å². The summed E-state index contributed by atoms with van der Waals surface area (Å²) in [5, 5.41) is 12.2. The first-order valence-electron chi connectivity index (χ1n) is 13.4. The summed E-state index contributed by atoms with van der Waals surface area (Å²) in [6.45, 7) is 5.88. The van der Waals surface area contributed by atoms with Crippen LogP contribution in [0.15, 0.2) is 41.7 Å². The topological polar surface area (TPSA) is 97.0 Å². The van der Waals surface area contributed by atoms with Gasteiger partial charge in [0, 0.05) is 43.6 Å². The summed E-state index contributed by atoms with van der Waals surface area (Å²) in [7, 11) is 0. The van der Waals surface area contributed by atoms with Crippen molar-refractivity contribution in [2.75, 3.05) is 42.5 Å². The van der Waals surface area contributed by atoms with Crippen molar-refractivity contribution in [1.82, 2.24) is 34.8 Å². The van der Waals surface area contributed by atoms with Crippen molar-refractivity contribution >= 4 is 11.5 Å². The number of aromatic nitrogens is 6. The zero-order valence-electron chi connectivity index (χ0n) is 21.2. The summed E-state index contributed by atoms with van der Waals surface area (Å²) in [4.78, 5) is 26.2. The minimum Gasteiger partial charge on any atom is -0.370 e. The minimum atomic E-state index is -0.836. The molecule has 0 radical (unpaired) electrons. The summed E-state index contributed by atoms with van der Waals surface area (Å²) >= 11 is 0. The highest BCUT2D eigenvalue weighted by Gasteiger charge is 2.26. The van der Waals surface area contributed by atoms with Crippen LogP contribution in [0.25, 0.3) is 11.4 Å². The van der Waals surface area contributed by atoms with Gasteiger partial charge in [0.1, 0.15) is 29.5 Å². The summed E-state index contributed by atoms with van der Waals surface area (Å²) in [5.74, 6) is 1.50. The molecule has 5 heterocycles. The average molecular weight is 508 g/mol. The quantitative estimate of drug-likeness (QED) is 0.497. The van der Waals surface area contributed by atoms with Crippen LogP contribution in [0.4, 0.5) is 15.9 Å². The smallest absolute Gasteiger partial charge is 0.254 e. The summed E-state index contributed by atoms with van der Waals surface area (Å²) in [5.41, 5.74) is 2.01. The number of anilines is 2. The fraction of sp³-hybridized carbons (Fsp3) is 0.577. The van der Waals surface area contributed by atoms with Crippen LogP contribution in [0, 0.1) is 5.92 Å². The Morgan fingerprint density at radius 1 is 1.11 bits per heavy atom. The molecule has 11 heteroatoms. The minimum absolute atomic E-state index is 0.0771. The highest BCUT2D eigenvalue weighted by Crippen LogP contribution is 2.28. The Hall–Kier alpha value is -3.34. The largest absolute Gasteiger partial charge is 0.370 e. The van der Waals surface area contributed by atoms with Gasteiger partial charge in [-0.2, -0.15) is 0 Å². The van der Waals surface area contributed by atoms with Crippen LogP contribution < -0.4 is 20.7 Å². The molecular weight excluding hydrogens is 473 g/mol. The van der Waals surface area contributed by atoms with E-state index in [1.54, 1.807) is 33.9 Å². The average Bonchev–Trinajstić information content (AvgIpc) is 3.43. The molecule has 37 heavy (non-hydrogen) atoms. The van der Waals surface area contributed by atoms with E-state index in [-0.39, 0.29) is 11.7 Å². The molecule has 0 bridgehead atoms. The van der Waals surface area contributed by atoms with E-state index in [9.17, 15) is 9.18 Å². The van der Waals surface area contributed by atoms with Crippen molar-refractivity contribution in [3.8, 4) is 11.4 Å². The summed E-state index contributed by atoms with van der Waals surface area (Å²) in [6.07, 6.45) is 11.2. The molecule has 3 atom stereocenters. The molecule has 10 nitrogen and oxygen atoms in total. The van der Waals surface area contributed by atoms with E-state index in [4.69, 9.17) is 0 Å². The molecule has 2 aliphatic heterocycles. The maximum atomic E-state index is 13.6. The van der Waals surface area contributed by atoms with Crippen LogP contribution in [0.3, 0.4) is 0 Å². The van der Waals surface area contributed by atoms with E-state index in [0.29, 0.717) is 42.8 Å². The lowest BCUT2D eigenvalue weighted by molar-refractivity contribution is 0.364. The zero-order valence-corrected chi connectivity index (χ0v) is 21.2. The molecule has 1 aliphatic carbocycles. The Morgan fingerprint density at radius 3 is 2.78 bits per heavy atom. The molecule has 3 aromatic heterocycles. The monoisotopic (exact) mass is 507 g/mol. The number of alkyl halides is 1. The first-order valence-corrected chi connectivity index (χ1v) is 13.4. The van der Waals surface area contributed by atoms with Gasteiger partial charge in [-0.25, -0.2) is 14.1 Å². The molecule has 0 amide bonds. The molecule has 0 spiro atoms. The van der Waals surface area contributed by atoms with Crippen LogP contribution >= 0.6 is 0 Å². The van der Waals surface area contributed by atoms with Crippen LogP contribution in [0.1, 0.15) is 45.2 Å². The first-order chi connectivity index (χ1) is 18.0. The molecule has 3 aromatic rings. The van der Waals surface area contributed by atoms with Crippen LogP contribution in [-0.4, -0.2) is 74.5 Å². The van der Waals surface area contributed by atoms with Crippen molar-refractivity contribution in [3.63, 3.8) is 0 Å². The summed E-state index contributed by atoms with van der Waals surface area (Å²) in [6, 6.07) is 4.22.